The van der Waals surface area contributed by atoms with Gasteiger partial charge in [-0.3, -0.25) is 24.8 Å². The van der Waals surface area contributed by atoms with Crippen LogP contribution in [0.5, 0.6) is 0 Å². The van der Waals surface area contributed by atoms with E-state index in [-0.39, 0.29) is 24.5 Å². The van der Waals surface area contributed by atoms with Crippen molar-refractivity contribution < 1.29 is 14.7 Å². The second-order valence-corrected chi connectivity index (χ2v) is 7.01. The summed E-state index contributed by atoms with van der Waals surface area (Å²) >= 11 is 0. The molecule has 0 aliphatic carbocycles. The SMILES string of the molecule is N=C(N)c1ccc(C2CC(CN3CCCN(CC(=O)O)CC3)ON2)cc1. The molecule has 2 aliphatic heterocycles. The molecule has 3 rings (SSSR count). The van der Waals surface area contributed by atoms with Crippen LogP contribution in [-0.2, 0) is 9.63 Å². The van der Waals surface area contributed by atoms with Gasteiger partial charge in [0.1, 0.15) is 5.84 Å². The molecule has 2 heterocycles. The number of carboxylic acids is 1. The Bertz CT molecular complexity index is 636. The molecule has 0 saturated carbocycles. The van der Waals surface area contributed by atoms with Crippen LogP contribution in [-0.4, -0.2) is 72.1 Å². The third-order valence-corrected chi connectivity index (χ3v) is 5.00. The van der Waals surface area contributed by atoms with Gasteiger partial charge in [-0.1, -0.05) is 24.3 Å². The van der Waals surface area contributed by atoms with E-state index in [0.717, 1.165) is 56.7 Å². The molecule has 2 unspecified atom stereocenters. The highest BCUT2D eigenvalue weighted by Crippen LogP contribution is 2.26. The number of nitrogens with two attached hydrogens (primary N) is 1. The van der Waals surface area contributed by atoms with E-state index < -0.39 is 5.97 Å². The summed E-state index contributed by atoms with van der Waals surface area (Å²) in [6.07, 6.45) is 1.97. The van der Waals surface area contributed by atoms with Gasteiger partial charge in [0.2, 0.25) is 0 Å². The molecule has 0 amide bonds. The molecular formula is C18H27N5O3. The fourth-order valence-corrected chi connectivity index (χ4v) is 3.59. The van der Waals surface area contributed by atoms with Crippen molar-refractivity contribution in [1.29, 1.82) is 5.41 Å². The van der Waals surface area contributed by atoms with Crippen molar-refractivity contribution in [3.8, 4) is 0 Å². The molecular weight excluding hydrogens is 334 g/mol. The molecule has 26 heavy (non-hydrogen) atoms. The molecule has 0 aromatic heterocycles. The minimum absolute atomic E-state index is 0.0724. The van der Waals surface area contributed by atoms with Gasteiger partial charge in [0, 0.05) is 31.7 Å². The van der Waals surface area contributed by atoms with Gasteiger partial charge in [0.25, 0.3) is 0 Å². The Morgan fingerprint density at radius 1 is 1.23 bits per heavy atom. The first-order valence-electron chi connectivity index (χ1n) is 9.03. The molecule has 2 saturated heterocycles. The Balaban J connectivity index is 1.48. The molecule has 142 valence electrons. The Kier molecular flexibility index (Phi) is 6.20. The Morgan fingerprint density at radius 2 is 1.92 bits per heavy atom. The number of amidine groups is 1. The number of hydrogen-bond donors (Lipinski definition) is 4. The van der Waals surface area contributed by atoms with Crippen LogP contribution in [0.3, 0.4) is 0 Å². The van der Waals surface area contributed by atoms with Crippen molar-refractivity contribution in [3.05, 3.63) is 35.4 Å². The summed E-state index contributed by atoms with van der Waals surface area (Å²) in [4.78, 5) is 21.0. The predicted molar refractivity (Wildman–Crippen MR) is 98.0 cm³/mol. The van der Waals surface area contributed by atoms with Crippen LogP contribution in [0.1, 0.15) is 30.0 Å². The molecule has 8 heteroatoms. The van der Waals surface area contributed by atoms with Crippen molar-refractivity contribution in [3.63, 3.8) is 0 Å². The van der Waals surface area contributed by atoms with Crippen molar-refractivity contribution in [2.24, 2.45) is 5.73 Å². The molecule has 8 nitrogen and oxygen atoms in total. The average Bonchev–Trinajstić information content (AvgIpc) is 2.96. The van der Waals surface area contributed by atoms with Crippen LogP contribution >= 0.6 is 0 Å². The predicted octanol–water partition coefficient (Wildman–Crippen LogP) is 0.398. The second kappa shape index (κ2) is 8.59. The zero-order chi connectivity index (χ0) is 18.5. The Labute approximate surface area is 153 Å². The highest BCUT2D eigenvalue weighted by atomic mass is 16.7. The van der Waals surface area contributed by atoms with Crippen LogP contribution in [0.2, 0.25) is 0 Å². The highest BCUT2D eigenvalue weighted by molar-refractivity contribution is 5.94. The molecule has 0 bridgehead atoms. The van der Waals surface area contributed by atoms with Crippen molar-refractivity contribution in [2.45, 2.75) is 25.0 Å². The van der Waals surface area contributed by atoms with E-state index in [4.69, 9.17) is 21.1 Å². The maximum atomic E-state index is 10.9. The van der Waals surface area contributed by atoms with Crippen molar-refractivity contribution >= 4 is 11.8 Å². The minimum Gasteiger partial charge on any atom is -0.480 e. The maximum Gasteiger partial charge on any atom is 0.317 e. The largest absolute Gasteiger partial charge is 0.480 e. The van der Waals surface area contributed by atoms with Gasteiger partial charge in [-0.05, 0) is 24.9 Å². The summed E-state index contributed by atoms with van der Waals surface area (Å²) in [5, 5.41) is 16.4. The van der Waals surface area contributed by atoms with E-state index in [9.17, 15) is 4.79 Å². The summed E-state index contributed by atoms with van der Waals surface area (Å²) < 4.78 is 0. The van der Waals surface area contributed by atoms with Gasteiger partial charge < -0.3 is 10.8 Å². The third kappa shape index (κ3) is 5.01. The summed E-state index contributed by atoms with van der Waals surface area (Å²) in [5.74, 6) is -0.691. The average molecular weight is 361 g/mol. The monoisotopic (exact) mass is 361 g/mol. The van der Waals surface area contributed by atoms with Crippen LogP contribution in [0.15, 0.2) is 24.3 Å². The van der Waals surface area contributed by atoms with Gasteiger partial charge in [0.15, 0.2) is 0 Å². The van der Waals surface area contributed by atoms with Crippen LogP contribution < -0.4 is 11.2 Å². The molecule has 2 atom stereocenters. The molecule has 0 radical (unpaired) electrons. The van der Waals surface area contributed by atoms with Gasteiger partial charge in [-0.2, -0.15) is 5.48 Å². The second-order valence-electron chi connectivity index (χ2n) is 7.01. The highest BCUT2D eigenvalue weighted by Gasteiger charge is 2.29. The van der Waals surface area contributed by atoms with E-state index in [1.807, 2.05) is 29.2 Å². The fraction of sp³-hybridized carbons (Fsp3) is 0.556. The standard InChI is InChI=1S/C18H27N5O3/c19-18(20)14-4-2-13(3-5-14)16-10-15(26-21-16)11-22-6-1-7-23(9-8-22)12-17(24)25/h2-5,15-16,21H,1,6-12H2,(H3,19,20)(H,24,25). The summed E-state index contributed by atoms with van der Waals surface area (Å²) in [6, 6.07) is 7.82. The lowest BCUT2D eigenvalue weighted by molar-refractivity contribution is -0.138. The molecule has 1 aromatic carbocycles. The molecule has 2 aliphatic rings. The zero-order valence-corrected chi connectivity index (χ0v) is 14.9. The number of carboxylic acid groups (broad SMARTS) is 1. The number of hydrogen-bond acceptors (Lipinski definition) is 6. The smallest absolute Gasteiger partial charge is 0.317 e. The number of nitrogen functional groups attached to an aromatic ring is 1. The topological polar surface area (TPSA) is 115 Å². The first kappa shape index (κ1) is 18.8. The molecule has 0 spiro atoms. The van der Waals surface area contributed by atoms with Crippen molar-refractivity contribution in [2.75, 3.05) is 39.3 Å². The number of carbonyl (C=O) groups is 1. The minimum atomic E-state index is -0.764. The Hall–Kier alpha value is -2.00. The summed E-state index contributed by atoms with van der Waals surface area (Å²) in [7, 11) is 0. The summed E-state index contributed by atoms with van der Waals surface area (Å²) in [5.41, 5.74) is 10.5. The summed E-state index contributed by atoms with van der Waals surface area (Å²) in [6.45, 7) is 4.41. The number of nitrogens with zero attached hydrogens (tertiary/aromatic N) is 2. The quantitative estimate of drug-likeness (QED) is 0.428. The third-order valence-electron chi connectivity index (χ3n) is 5.00. The van der Waals surface area contributed by atoms with Crippen molar-refractivity contribution in [1.82, 2.24) is 15.3 Å². The molecule has 1 aromatic rings. The zero-order valence-electron chi connectivity index (χ0n) is 14.9. The van der Waals surface area contributed by atoms with Gasteiger partial charge in [-0.25, -0.2) is 0 Å². The van der Waals surface area contributed by atoms with Crippen LogP contribution in [0.4, 0.5) is 0 Å². The molecule has 5 N–H and O–H groups in total. The first-order valence-corrected chi connectivity index (χ1v) is 9.03. The van der Waals surface area contributed by atoms with E-state index in [1.54, 1.807) is 0 Å². The fourth-order valence-electron chi connectivity index (χ4n) is 3.59. The van der Waals surface area contributed by atoms with Gasteiger partial charge >= 0.3 is 5.97 Å². The lowest BCUT2D eigenvalue weighted by Crippen LogP contribution is -2.37. The number of aliphatic carboxylic acids is 1. The Morgan fingerprint density at radius 3 is 2.62 bits per heavy atom. The number of benzene rings is 1. The lowest BCUT2D eigenvalue weighted by atomic mass is 10.0. The van der Waals surface area contributed by atoms with Crippen LogP contribution in [0.25, 0.3) is 0 Å². The lowest BCUT2D eigenvalue weighted by Gasteiger charge is -2.23. The number of nitrogens with one attached hydrogen (secondary N) is 2. The van der Waals surface area contributed by atoms with Gasteiger partial charge in [0.05, 0.1) is 18.7 Å². The van der Waals surface area contributed by atoms with E-state index in [1.165, 1.54) is 0 Å². The molecule has 2 fully saturated rings. The van der Waals surface area contributed by atoms with E-state index >= 15 is 0 Å². The first-order chi connectivity index (χ1) is 12.5. The normalized spacial score (nSPS) is 25.1. The number of rotatable bonds is 6. The van der Waals surface area contributed by atoms with E-state index in [0.29, 0.717) is 0 Å². The maximum absolute atomic E-state index is 10.9. The number of hydroxylamine groups is 1. The van der Waals surface area contributed by atoms with Crippen LogP contribution in [0, 0.1) is 5.41 Å². The van der Waals surface area contributed by atoms with E-state index in [2.05, 4.69) is 10.4 Å². The van der Waals surface area contributed by atoms with Gasteiger partial charge in [-0.15, -0.1) is 0 Å².